The number of hydrogen-bond donors (Lipinski definition) is 0. The van der Waals surface area contributed by atoms with Gasteiger partial charge in [-0.2, -0.15) is 0 Å². The summed E-state index contributed by atoms with van der Waals surface area (Å²) in [5.74, 6) is 5.98. The Morgan fingerprint density at radius 1 is 0.379 bits per heavy atom. The van der Waals surface area contributed by atoms with Gasteiger partial charge in [0.05, 0.1) is 8.30 Å². The van der Waals surface area contributed by atoms with E-state index in [9.17, 15) is 0 Å². The zero-order valence-corrected chi connectivity index (χ0v) is 39.1. The van der Waals surface area contributed by atoms with Crippen molar-refractivity contribution in [1.82, 2.24) is 0 Å². The SMILES string of the molecule is C.S=C(SCCc1ccccc1)SCCc1ccccc1.S=C(SCc1ccccc1)SCc1ccccc1.S=C(SCc1ccccc1)SCc1ccccc1.[2H]B([3H])[3H]. The number of hydrogen-bond acceptors (Lipinski definition) is 9. The molecule has 0 N–H and O–H groups in total. The summed E-state index contributed by atoms with van der Waals surface area (Å²) in [5.41, 5.74) is 8.07. The fraction of sp³-hybridized carbons (Fsp3) is 0.188. The van der Waals surface area contributed by atoms with E-state index in [1.165, 1.54) is 33.4 Å². The van der Waals surface area contributed by atoms with Gasteiger partial charge in [0, 0.05) is 34.5 Å². The largest absolute Gasteiger partial charge is 0.107 e. The molecule has 0 aromatic heterocycles. The van der Waals surface area contributed by atoms with Crippen LogP contribution in [-0.2, 0) is 35.9 Å². The Kier molecular flexibility index (Phi) is 27.0. The molecule has 58 heavy (non-hydrogen) atoms. The molecule has 0 nitrogen and oxygen atoms in total. The molecule has 0 saturated carbocycles. The van der Waals surface area contributed by atoms with Gasteiger partial charge in [-0.1, -0.05) is 226 Å². The summed E-state index contributed by atoms with van der Waals surface area (Å²) in [7, 11) is -1.42. The number of thiocarbonyl (C=S) groups is 3. The first-order valence-corrected chi connectivity index (χ1v) is 25.3. The van der Waals surface area contributed by atoms with Gasteiger partial charge in [0.1, 0.15) is 10.6 Å². The Morgan fingerprint density at radius 2 is 0.569 bits per heavy atom. The fourth-order valence-corrected chi connectivity index (χ4v) is 11.1. The smallest absolute Gasteiger partial charge is 0.104 e. The van der Waals surface area contributed by atoms with Crippen LogP contribution in [0.2, 0.25) is 0 Å². The van der Waals surface area contributed by atoms with Gasteiger partial charge in [-0.15, -0.1) is 70.6 Å². The highest BCUT2D eigenvalue weighted by atomic mass is 32.2. The second-order valence-electron chi connectivity index (χ2n) is 12.0. The lowest BCUT2D eigenvalue weighted by atomic mass is 10.2. The van der Waals surface area contributed by atoms with Crippen LogP contribution in [0.1, 0.15) is 40.8 Å². The van der Waals surface area contributed by atoms with Crippen LogP contribution < -0.4 is 0 Å². The lowest BCUT2D eigenvalue weighted by Gasteiger charge is -2.04. The van der Waals surface area contributed by atoms with Crippen molar-refractivity contribution in [2.75, 3.05) is 11.5 Å². The first-order chi connectivity index (χ1) is 29.3. The highest BCUT2D eigenvalue weighted by Crippen LogP contribution is 2.26. The van der Waals surface area contributed by atoms with Crippen molar-refractivity contribution in [3.05, 3.63) is 215 Å². The third kappa shape index (κ3) is 24.7. The topological polar surface area (TPSA) is 0 Å². The molecule has 6 aromatic rings. The molecule has 0 aliphatic carbocycles. The van der Waals surface area contributed by atoms with E-state index in [4.69, 9.17) is 40.7 Å². The maximum Gasteiger partial charge on any atom is 0.104 e. The van der Waals surface area contributed by atoms with Crippen molar-refractivity contribution in [1.29, 1.82) is 4.01 Å². The van der Waals surface area contributed by atoms with E-state index in [1.807, 2.05) is 24.3 Å². The molecule has 0 unspecified atom stereocenters. The molecule has 0 atom stereocenters. The minimum Gasteiger partial charge on any atom is -0.107 e. The molecule has 0 radical (unpaired) electrons. The van der Waals surface area contributed by atoms with E-state index in [0.29, 0.717) is 0 Å². The third-order valence-corrected chi connectivity index (χ3v) is 16.1. The van der Waals surface area contributed by atoms with E-state index in [2.05, 4.69) is 158 Å². The molecule has 0 amide bonds. The van der Waals surface area contributed by atoms with Gasteiger partial charge in [0.2, 0.25) is 0 Å². The Balaban J connectivity index is 0.000000299. The van der Waals surface area contributed by atoms with Crippen molar-refractivity contribution in [3.63, 3.8) is 0 Å². The second kappa shape index (κ2) is 33.5. The number of thioether (sulfide) groups is 6. The van der Waals surface area contributed by atoms with Crippen molar-refractivity contribution >= 4 is 126 Å². The van der Waals surface area contributed by atoms with E-state index in [-0.39, 0.29) is 7.43 Å². The maximum atomic E-state index is 5.92. The summed E-state index contributed by atoms with van der Waals surface area (Å²) in [6, 6.07) is 62.9. The van der Waals surface area contributed by atoms with Crippen LogP contribution >= 0.6 is 107 Å². The van der Waals surface area contributed by atoms with Crippen LogP contribution in [0.4, 0.5) is 0 Å². The molecule has 10 heteroatoms. The fourth-order valence-electron chi connectivity index (χ4n) is 4.78. The molecule has 0 aliphatic rings. The number of rotatable bonds is 14. The van der Waals surface area contributed by atoms with Gasteiger partial charge >= 0.3 is 0 Å². The Labute approximate surface area is 396 Å². The monoisotopic (exact) mass is 933 g/mol. The molecule has 6 aromatic carbocycles. The lowest BCUT2D eigenvalue weighted by Crippen LogP contribution is -1.94. The van der Waals surface area contributed by atoms with Crippen molar-refractivity contribution in [2.45, 2.75) is 43.3 Å². The molecule has 0 spiro atoms. The van der Waals surface area contributed by atoms with Crippen LogP contribution in [0.15, 0.2) is 182 Å². The van der Waals surface area contributed by atoms with Gasteiger partial charge in [-0.3, -0.25) is 0 Å². The standard InChI is InChI=1S/C17H18S3.2C15H14S3.CH4.BH3/c18-17(19-13-11-15-7-3-1-4-8-15)20-14-12-16-9-5-2-6-10-16;2*16-15(17-11-13-7-3-1-4-8-13)18-12-14-9-5-2-6-10-14;;/h1-10H,11-14H2;2*1-10H,11-12H2;1H4;1H3/i;;;;1T2D. The van der Waals surface area contributed by atoms with Gasteiger partial charge in [0.25, 0.3) is 0 Å². The maximum absolute atomic E-state index is 5.92. The highest BCUT2D eigenvalue weighted by Gasteiger charge is 2.03. The predicted molar refractivity (Wildman–Crippen MR) is 291 cm³/mol. The summed E-state index contributed by atoms with van der Waals surface area (Å²) < 4.78 is 20.8. The molecule has 0 aliphatic heterocycles. The molecule has 0 fully saturated rings. The first kappa shape index (κ1) is 46.8. The summed E-state index contributed by atoms with van der Waals surface area (Å²) in [5, 5.41) is 0. The minimum absolute atomic E-state index is 0. The van der Waals surface area contributed by atoms with E-state index in [0.717, 1.165) is 57.9 Å². The summed E-state index contributed by atoms with van der Waals surface area (Å²) in [4.78, 5) is 0. The van der Waals surface area contributed by atoms with Crippen LogP contribution in [0, 0.1) is 0 Å². The minimum atomic E-state index is -1.42. The van der Waals surface area contributed by atoms with Gasteiger partial charge in [-0.25, -0.2) is 0 Å². The van der Waals surface area contributed by atoms with Crippen LogP contribution in [0.25, 0.3) is 0 Å². The zero-order valence-electron chi connectivity index (χ0n) is 34.7. The van der Waals surface area contributed by atoms with Gasteiger partial charge in [0.15, 0.2) is 0 Å². The van der Waals surface area contributed by atoms with Gasteiger partial charge in [-0.05, 0) is 50.2 Å². The van der Waals surface area contributed by atoms with Crippen molar-refractivity contribution < 1.29 is 0 Å². The summed E-state index contributed by atoms with van der Waals surface area (Å²) in [6.45, 7) is 0. The molecule has 302 valence electrons. The Morgan fingerprint density at radius 3 is 0.793 bits per heavy atom. The Hall–Kier alpha value is -2.25. The molecule has 0 heterocycles. The van der Waals surface area contributed by atoms with Crippen molar-refractivity contribution in [2.24, 2.45) is 0 Å². The Bertz CT molecular complexity index is 1760. The first-order valence-electron chi connectivity index (χ1n) is 19.9. The lowest BCUT2D eigenvalue weighted by molar-refractivity contribution is 1.16. The van der Waals surface area contributed by atoms with E-state index >= 15 is 0 Å². The molecule has 6 rings (SSSR count). The van der Waals surface area contributed by atoms with Crippen LogP contribution in [-0.4, -0.2) is 34.4 Å². The average molecular weight is 934 g/mol. The molecule has 0 bridgehead atoms. The highest BCUT2D eigenvalue weighted by molar-refractivity contribution is 8.47. The van der Waals surface area contributed by atoms with Crippen LogP contribution in [0.5, 0.6) is 0 Å². The quantitative estimate of drug-likeness (QED) is 0.0767. The normalized spacial score (nSPS) is 10.4. The predicted octanol–water partition coefficient (Wildman–Crippen LogP) is 15.0. The van der Waals surface area contributed by atoms with E-state index in [1.54, 1.807) is 70.6 Å². The molecular weight excluding hydrogens is 876 g/mol. The van der Waals surface area contributed by atoms with E-state index < -0.39 is 8.30 Å². The van der Waals surface area contributed by atoms with Crippen molar-refractivity contribution in [3.8, 4) is 0 Å². The zero-order chi connectivity index (χ0) is 42.9. The number of aryl methyl sites for hydroxylation is 2. The van der Waals surface area contributed by atoms with Crippen LogP contribution in [0.3, 0.4) is 0 Å². The molecule has 0 saturated heterocycles. The number of benzene rings is 6. The summed E-state index contributed by atoms with van der Waals surface area (Å²) >= 11 is 26.7. The average Bonchev–Trinajstić information content (AvgIpc) is 3.28. The van der Waals surface area contributed by atoms with Gasteiger partial charge < -0.3 is 0 Å². The summed E-state index contributed by atoms with van der Waals surface area (Å²) in [6.07, 6.45) is 2.18. The third-order valence-electron chi connectivity index (χ3n) is 7.70. The molecular formula is C48H53BS9. The second-order valence-corrected chi connectivity index (χ2v) is 21.7.